The van der Waals surface area contributed by atoms with Crippen LogP contribution in [0.15, 0.2) is 33.7 Å². The number of carbonyl (C=O) groups is 1. The van der Waals surface area contributed by atoms with E-state index in [1.165, 1.54) is 23.4 Å². The molecule has 1 aromatic carbocycles. The summed E-state index contributed by atoms with van der Waals surface area (Å²) in [6, 6.07) is 6.22. The average molecular weight is 411 g/mol. The molecule has 2 fully saturated rings. The minimum atomic E-state index is -3.65. The van der Waals surface area contributed by atoms with Crippen molar-refractivity contribution >= 4 is 27.5 Å². The van der Waals surface area contributed by atoms with Crippen molar-refractivity contribution in [2.24, 2.45) is 5.41 Å². The van der Waals surface area contributed by atoms with Crippen LogP contribution in [0.2, 0.25) is 5.02 Å². The van der Waals surface area contributed by atoms with Gasteiger partial charge in [0.2, 0.25) is 21.8 Å². The molecule has 0 aliphatic carbocycles. The van der Waals surface area contributed by atoms with Crippen LogP contribution in [0.5, 0.6) is 0 Å². The Labute approximate surface area is 162 Å². The number of likely N-dealkylation sites (tertiary alicyclic amines) is 1. The summed E-state index contributed by atoms with van der Waals surface area (Å²) >= 11 is 5.94. The molecule has 1 unspecified atom stereocenters. The zero-order valence-electron chi connectivity index (χ0n) is 14.9. The zero-order chi connectivity index (χ0) is 19.4. The third-order valence-corrected chi connectivity index (χ3v) is 7.37. The van der Waals surface area contributed by atoms with E-state index in [0.29, 0.717) is 29.8 Å². The van der Waals surface area contributed by atoms with Gasteiger partial charge in [-0.15, -0.1) is 0 Å². The molecule has 0 radical (unpaired) electrons. The molecule has 8 nitrogen and oxygen atoms in total. The number of amides is 1. The summed E-state index contributed by atoms with van der Waals surface area (Å²) in [4.78, 5) is 18.1. The molecule has 144 valence electrons. The highest BCUT2D eigenvalue weighted by molar-refractivity contribution is 7.89. The van der Waals surface area contributed by atoms with E-state index in [-0.39, 0.29) is 29.8 Å². The molecule has 27 heavy (non-hydrogen) atoms. The molecular weight excluding hydrogens is 392 g/mol. The summed E-state index contributed by atoms with van der Waals surface area (Å²) in [5, 5.41) is 4.21. The number of nitrogens with zero attached hydrogens (tertiary/aromatic N) is 4. The lowest BCUT2D eigenvalue weighted by molar-refractivity contribution is -0.128. The maximum Gasteiger partial charge on any atom is 0.243 e. The van der Waals surface area contributed by atoms with Gasteiger partial charge in [-0.1, -0.05) is 22.8 Å². The van der Waals surface area contributed by atoms with Crippen molar-refractivity contribution < 1.29 is 17.7 Å². The molecule has 0 saturated carbocycles. The van der Waals surface area contributed by atoms with E-state index >= 15 is 0 Å². The monoisotopic (exact) mass is 410 g/mol. The zero-order valence-corrected chi connectivity index (χ0v) is 16.5. The predicted molar refractivity (Wildman–Crippen MR) is 96.7 cm³/mol. The van der Waals surface area contributed by atoms with Gasteiger partial charge in [0.15, 0.2) is 5.82 Å². The van der Waals surface area contributed by atoms with E-state index in [1.807, 2.05) is 0 Å². The van der Waals surface area contributed by atoms with Gasteiger partial charge >= 0.3 is 0 Å². The molecule has 1 atom stereocenters. The summed E-state index contributed by atoms with van der Waals surface area (Å²) in [6.45, 7) is 4.73. The molecule has 10 heteroatoms. The molecule has 2 aromatic rings. The highest BCUT2D eigenvalue weighted by atomic mass is 35.5. The first kappa shape index (κ1) is 18.4. The summed E-state index contributed by atoms with van der Waals surface area (Å²) in [6.07, 6.45) is 0. The highest BCUT2D eigenvalue weighted by Crippen LogP contribution is 2.50. The third-order valence-electron chi connectivity index (χ3n) is 5.35. The Balaban J connectivity index is 1.61. The molecule has 2 aliphatic heterocycles. The maximum absolute atomic E-state index is 12.9. The lowest BCUT2D eigenvalue weighted by atomic mass is 9.73. The summed E-state index contributed by atoms with van der Waals surface area (Å²) in [7, 11) is -3.65. The number of hydrogen-bond acceptors (Lipinski definition) is 6. The standard InChI is InChI=1S/C17H19ClN4O4S/c1-11-19-16(26-20-11)15-7-21(12(2)23)8-17(15)9-22(10-17)27(24,25)14-5-3-4-13(18)6-14/h3-6,15H,7-10H2,1-2H3. The number of sulfonamides is 1. The van der Waals surface area contributed by atoms with E-state index in [1.54, 1.807) is 24.0 Å². The fourth-order valence-electron chi connectivity index (χ4n) is 3.93. The van der Waals surface area contributed by atoms with Crippen molar-refractivity contribution in [1.29, 1.82) is 0 Å². The normalized spacial score (nSPS) is 22.2. The van der Waals surface area contributed by atoms with Crippen LogP contribution >= 0.6 is 11.6 Å². The van der Waals surface area contributed by atoms with Crippen LogP contribution in [-0.4, -0.2) is 59.8 Å². The SMILES string of the molecule is CC(=O)N1CC(c2nc(C)no2)C2(C1)CN(S(=O)(=O)c1cccc(Cl)c1)C2. The molecular formula is C17H19ClN4O4S. The highest BCUT2D eigenvalue weighted by Gasteiger charge is 2.59. The summed E-state index contributed by atoms with van der Waals surface area (Å²) < 4.78 is 32.6. The minimum Gasteiger partial charge on any atom is -0.341 e. The average Bonchev–Trinajstić information content (AvgIpc) is 3.17. The second kappa shape index (κ2) is 6.29. The Morgan fingerprint density at radius 1 is 1.33 bits per heavy atom. The van der Waals surface area contributed by atoms with Crippen LogP contribution in [0.4, 0.5) is 0 Å². The van der Waals surface area contributed by atoms with Crippen molar-refractivity contribution in [1.82, 2.24) is 19.3 Å². The van der Waals surface area contributed by atoms with Gasteiger partial charge in [0.25, 0.3) is 0 Å². The number of aromatic nitrogens is 2. The number of benzene rings is 1. The van der Waals surface area contributed by atoms with Gasteiger partial charge in [-0.3, -0.25) is 4.79 Å². The topological polar surface area (TPSA) is 96.6 Å². The fraction of sp³-hybridized carbons (Fsp3) is 0.471. The van der Waals surface area contributed by atoms with E-state index in [0.717, 1.165) is 0 Å². The smallest absolute Gasteiger partial charge is 0.243 e. The second-order valence-electron chi connectivity index (χ2n) is 7.22. The van der Waals surface area contributed by atoms with Crippen molar-refractivity contribution in [2.75, 3.05) is 26.2 Å². The van der Waals surface area contributed by atoms with Crippen LogP contribution in [-0.2, 0) is 14.8 Å². The largest absolute Gasteiger partial charge is 0.341 e. The quantitative estimate of drug-likeness (QED) is 0.763. The summed E-state index contributed by atoms with van der Waals surface area (Å²) in [5.41, 5.74) is -0.420. The molecule has 0 N–H and O–H groups in total. The van der Waals surface area contributed by atoms with E-state index in [4.69, 9.17) is 16.1 Å². The van der Waals surface area contributed by atoms with E-state index in [2.05, 4.69) is 10.1 Å². The van der Waals surface area contributed by atoms with Crippen molar-refractivity contribution in [3.05, 3.63) is 41.0 Å². The van der Waals surface area contributed by atoms with Crippen LogP contribution in [0.3, 0.4) is 0 Å². The predicted octanol–water partition coefficient (Wildman–Crippen LogP) is 1.67. The molecule has 3 heterocycles. The van der Waals surface area contributed by atoms with Crippen LogP contribution in [0.1, 0.15) is 24.6 Å². The lowest BCUT2D eigenvalue weighted by Gasteiger charge is -2.48. The van der Waals surface area contributed by atoms with Gasteiger partial charge in [0, 0.05) is 43.5 Å². The molecule has 1 amide bonds. The Hall–Kier alpha value is -1.97. The Morgan fingerprint density at radius 3 is 2.67 bits per heavy atom. The Kier molecular flexibility index (Phi) is 4.28. The van der Waals surface area contributed by atoms with Gasteiger partial charge in [-0.2, -0.15) is 9.29 Å². The Morgan fingerprint density at radius 2 is 2.07 bits per heavy atom. The van der Waals surface area contributed by atoms with E-state index < -0.39 is 15.4 Å². The molecule has 1 spiro atoms. The number of aryl methyl sites for hydroxylation is 1. The van der Waals surface area contributed by atoms with Crippen molar-refractivity contribution in [3.8, 4) is 0 Å². The van der Waals surface area contributed by atoms with Crippen LogP contribution in [0.25, 0.3) is 0 Å². The Bertz CT molecular complexity index is 1000. The third kappa shape index (κ3) is 3.03. The van der Waals surface area contributed by atoms with Crippen LogP contribution < -0.4 is 0 Å². The molecule has 1 aromatic heterocycles. The number of halogens is 1. The van der Waals surface area contributed by atoms with Crippen LogP contribution in [0, 0.1) is 12.3 Å². The number of hydrogen-bond donors (Lipinski definition) is 0. The van der Waals surface area contributed by atoms with Gasteiger partial charge in [0.05, 0.1) is 10.8 Å². The van der Waals surface area contributed by atoms with Gasteiger partial charge < -0.3 is 9.42 Å². The lowest BCUT2D eigenvalue weighted by Crippen LogP contribution is -2.61. The molecule has 0 bridgehead atoms. The molecule has 4 rings (SSSR count). The van der Waals surface area contributed by atoms with Crippen molar-refractivity contribution in [2.45, 2.75) is 24.7 Å². The first-order chi connectivity index (χ1) is 12.7. The van der Waals surface area contributed by atoms with Crippen molar-refractivity contribution in [3.63, 3.8) is 0 Å². The molecule has 2 saturated heterocycles. The first-order valence-electron chi connectivity index (χ1n) is 8.53. The van der Waals surface area contributed by atoms with Gasteiger partial charge in [-0.25, -0.2) is 8.42 Å². The second-order valence-corrected chi connectivity index (χ2v) is 9.60. The number of carbonyl (C=O) groups excluding carboxylic acids is 1. The first-order valence-corrected chi connectivity index (χ1v) is 10.3. The summed E-state index contributed by atoms with van der Waals surface area (Å²) in [5.74, 6) is 0.734. The minimum absolute atomic E-state index is 0.0516. The number of rotatable bonds is 3. The van der Waals surface area contributed by atoms with Gasteiger partial charge in [-0.05, 0) is 25.1 Å². The maximum atomic E-state index is 12.9. The molecule has 2 aliphatic rings. The van der Waals surface area contributed by atoms with Gasteiger partial charge in [0.1, 0.15) is 0 Å². The van der Waals surface area contributed by atoms with E-state index in [9.17, 15) is 13.2 Å². The fourth-order valence-corrected chi connectivity index (χ4v) is 5.86.